The van der Waals surface area contributed by atoms with Crippen LogP contribution in [0.1, 0.15) is 29.8 Å². The molecule has 8 heteroatoms. The molecule has 0 saturated heterocycles. The Labute approximate surface area is 159 Å². The zero-order valence-corrected chi connectivity index (χ0v) is 15.1. The van der Waals surface area contributed by atoms with Gasteiger partial charge in [-0.1, -0.05) is 12.1 Å². The first-order chi connectivity index (χ1) is 13.1. The fourth-order valence-corrected chi connectivity index (χ4v) is 2.29. The van der Waals surface area contributed by atoms with E-state index in [2.05, 4.69) is 10.6 Å². The summed E-state index contributed by atoms with van der Waals surface area (Å²) >= 11 is 0. The lowest BCUT2D eigenvalue weighted by atomic mass is 10.1. The van der Waals surface area contributed by atoms with E-state index in [1.807, 2.05) is 0 Å². The van der Waals surface area contributed by atoms with Gasteiger partial charge in [0.25, 0.3) is 5.91 Å². The van der Waals surface area contributed by atoms with Gasteiger partial charge in [0.15, 0.2) is 5.78 Å². The maximum Gasteiger partial charge on any atom is 0.418 e. The number of para-hydroxylation sites is 1. The lowest BCUT2D eigenvalue weighted by Gasteiger charge is -2.13. The van der Waals surface area contributed by atoms with E-state index < -0.39 is 29.2 Å². The number of halogens is 3. The number of carbonyl (C=O) groups is 3. The number of nitrogens with one attached hydrogen (secondary N) is 2. The van der Waals surface area contributed by atoms with Crippen molar-refractivity contribution >= 4 is 29.0 Å². The van der Waals surface area contributed by atoms with Gasteiger partial charge in [0.2, 0.25) is 5.91 Å². The van der Waals surface area contributed by atoms with E-state index in [-0.39, 0.29) is 11.4 Å². The van der Waals surface area contributed by atoms with Crippen LogP contribution in [0.3, 0.4) is 0 Å². The molecular weight excluding hydrogens is 373 g/mol. The molecule has 0 atom stereocenters. The molecule has 2 aromatic rings. The first kappa shape index (κ1) is 20.9. The van der Waals surface area contributed by atoms with Crippen LogP contribution in [-0.2, 0) is 15.8 Å². The predicted molar refractivity (Wildman–Crippen MR) is 98.9 cm³/mol. The third-order valence-corrected chi connectivity index (χ3v) is 3.75. The third kappa shape index (κ3) is 5.54. The molecule has 0 unspecified atom stereocenters. The van der Waals surface area contributed by atoms with Gasteiger partial charge in [0.05, 0.1) is 11.3 Å². The van der Waals surface area contributed by atoms with Crippen LogP contribution in [0, 0.1) is 0 Å². The Kier molecular flexibility index (Phi) is 6.35. The number of Topliss-reactive ketones (excluding diaryl/α,β-unsaturated/α-hetero) is 1. The van der Waals surface area contributed by atoms with Gasteiger partial charge in [-0.3, -0.25) is 14.4 Å². The van der Waals surface area contributed by atoms with Crippen LogP contribution in [0.4, 0.5) is 24.5 Å². The van der Waals surface area contributed by atoms with E-state index in [9.17, 15) is 27.6 Å². The van der Waals surface area contributed by atoms with Crippen molar-refractivity contribution in [3.05, 3.63) is 71.3 Å². The van der Waals surface area contributed by atoms with Crippen LogP contribution in [0.15, 0.2) is 60.2 Å². The molecule has 0 heterocycles. The maximum absolute atomic E-state index is 13.0. The summed E-state index contributed by atoms with van der Waals surface area (Å²) in [6, 6.07) is 10.7. The summed E-state index contributed by atoms with van der Waals surface area (Å²) in [5.41, 5.74) is -0.566. The highest BCUT2D eigenvalue weighted by molar-refractivity contribution is 6.10. The predicted octanol–water partition coefficient (Wildman–Crippen LogP) is 4.43. The average Bonchev–Trinajstić information content (AvgIpc) is 2.61. The second kappa shape index (κ2) is 8.51. The quantitative estimate of drug-likeness (QED) is 0.586. The zero-order chi connectivity index (χ0) is 20.9. The van der Waals surface area contributed by atoms with Crippen LogP contribution in [0.5, 0.6) is 0 Å². The van der Waals surface area contributed by atoms with E-state index in [1.54, 1.807) is 0 Å². The summed E-state index contributed by atoms with van der Waals surface area (Å²) < 4.78 is 38.9. The lowest BCUT2D eigenvalue weighted by molar-refractivity contribution is -0.137. The van der Waals surface area contributed by atoms with E-state index in [0.717, 1.165) is 18.2 Å². The second-order valence-corrected chi connectivity index (χ2v) is 5.95. The largest absolute Gasteiger partial charge is 0.418 e. The van der Waals surface area contributed by atoms with E-state index in [0.29, 0.717) is 11.3 Å². The molecule has 0 aliphatic carbocycles. The van der Waals surface area contributed by atoms with Crippen LogP contribution in [0.2, 0.25) is 0 Å². The molecule has 0 saturated carbocycles. The number of amides is 2. The van der Waals surface area contributed by atoms with Crippen LogP contribution in [0.25, 0.3) is 0 Å². The Balaban J connectivity index is 2.07. The highest BCUT2D eigenvalue weighted by Gasteiger charge is 2.33. The van der Waals surface area contributed by atoms with Crippen molar-refractivity contribution in [1.82, 2.24) is 0 Å². The number of anilines is 2. The molecule has 2 aromatic carbocycles. The van der Waals surface area contributed by atoms with Crippen molar-refractivity contribution < 1.29 is 27.6 Å². The molecule has 0 aliphatic rings. The number of ketones is 1. The summed E-state index contributed by atoms with van der Waals surface area (Å²) in [6.07, 6.45) is -3.64. The number of alkyl halides is 3. The molecule has 0 spiro atoms. The Bertz CT molecular complexity index is 932. The SMILES string of the molecule is CC(=O)c1ccc(NC(=O)/C=C(/C)C(=O)Nc2ccccc2C(F)(F)F)cc1. The molecule has 2 N–H and O–H groups in total. The van der Waals surface area contributed by atoms with Gasteiger partial charge in [-0.2, -0.15) is 13.2 Å². The fourth-order valence-electron chi connectivity index (χ4n) is 2.29. The Hall–Kier alpha value is -3.42. The highest BCUT2D eigenvalue weighted by atomic mass is 19.4. The minimum Gasteiger partial charge on any atom is -0.323 e. The highest BCUT2D eigenvalue weighted by Crippen LogP contribution is 2.34. The molecule has 5 nitrogen and oxygen atoms in total. The summed E-state index contributed by atoms with van der Waals surface area (Å²) in [5.74, 6) is -1.59. The van der Waals surface area contributed by atoms with Crippen LogP contribution >= 0.6 is 0 Å². The first-order valence-electron chi connectivity index (χ1n) is 8.16. The van der Waals surface area contributed by atoms with Crippen molar-refractivity contribution in [2.24, 2.45) is 0 Å². The van der Waals surface area contributed by atoms with Crippen molar-refractivity contribution in [2.45, 2.75) is 20.0 Å². The monoisotopic (exact) mass is 390 g/mol. The van der Waals surface area contributed by atoms with Gasteiger partial charge in [-0.25, -0.2) is 0 Å². The van der Waals surface area contributed by atoms with Crippen molar-refractivity contribution in [2.75, 3.05) is 10.6 Å². The molecule has 0 bridgehead atoms. The Morgan fingerprint density at radius 3 is 2.07 bits per heavy atom. The molecule has 0 aromatic heterocycles. The number of hydrogen-bond acceptors (Lipinski definition) is 3. The lowest BCUT2D eigenvalue weighted by Crippen LogP contribution is -2.18. The molecule has 28 heavy (non-hydrogen) atoms. The average molecular weight is 390 g/mol. The van der Waals surface area contributed by atoms with Crippen LogP contribution in [-0.4, -0.2) is 17.6 Å². The first-order valence-corrected chi connectivity index (χ1v) is 8.16. The minimum atomic E-state index is -4.62. The maximum atomic E-state index is 13.0. The summed E-state index contributed by atoms with van der Waals surface area (Å²) in [7, 11) is 0. The number of carbonyl (C=O) groups excluding carboxylic acids is 3. The standard InChI is InChI=1S/C20H17F3N2O3/c1-12(11-18(27)24-15-9-7-14(8-10-15)13(2)26)19(28)25-17-6-4-3-5-16(17)20(21,22)23/h3-11H,1-2H3,(H,24,27)(H,25,28)/b12-11-. The topological polar surface area (TPSA) is 75.3 Å². The molecule has 0 aliphatic heterocycles. The fraction of sp³-hybridized carbons (Fsp3) is 0.150. The van der Waals surface area contributed by atoms with E-state index in [4.69, 9.17) is 0 Å². The van der Waals surface area contributed by atoms with E-state index in [1.165, 1.54) is 50.2 Å². The molecular formula is C20H17F3N2O3. The Morgan fingerprint density at radius 2 is 1.50 bits per heavy atom. The molecule has 0 radical (unpaired) electrons. The smallest absolute Gasteiger partial charge is 0.323 e. The summed E-state index contributed by atoms with van der Waals surface area (Å²) in [4.78, 5) is 35.4. The van der Waals surface area contributed by atoms with Gasteiger partial charge in [-0.05, 0) is 50.2 Å². The summed E-state index contributed by atoms with van der Waals surface area (Å²) in [6.45, 7) is 2.72. The normalized spacial score (nSPS) is 11.7. The van der Waals surface area contributed by atoms with Crippen molar-refractivity contribution in [3.63, 3.8) is 0 Å². The molecule has 2 amide bonds. The second-order valence-electron chi connectivity index (χ2n) is 5.95. The third-order valence-electron chi connectivity index (χ3n) is 3.75. The number of rotatable bonds is 5. The molecule has 146 valence electrons. The number of benzene rings is 2. The molecule has 2 rings (SSSR count). The molecule has 0 fully saturated rings. The van der Waals surface area contributed by atoms with Gasteiger partial charge in [-0.15, -0.1) is 0 Å². The van der Waals surface area contributed by atoms with Crippen molar-refractivity contribution in [3.8, 4) is 0 Å². The minimum absolute atomic E-state index is 0.0742. The van der Waals surface area contributed by atoms with Gasteiger partial charge in [0, 0.05) is 22.9 Å². The Morgan fingerprint density at radius 1 is 0.893 bits per heavy atom. The van der Waals surface area contributed by atoms with Gasteiger partial charge < -0.3 is 10.6 Å². The van der Waals surface area contributed by atoms with E-state index >= 15 is 0 Å². The van der Waals surface area contributed by atoms with Gasteiger partial charge in [0.1, 0.15) is 0 Å². The van der Waals surface area contributed by atoms with Crippen LogP contribution < -0.4 is 10.6 Å². The zero-order valence-electron chi connectivity index (χ0n) is 15.1. The summed E-state index contributed by atoms with van der Waals surface area (Å²) in [5, 5.41) is 4.67. The van der Waals surface area contributed by atoms with Crippen molar-refractivity contribution in [1.29, 1.82) is 0 Å². The van der Waals surface area contributed by atoms with Gasteiger partial charge >= 0.3 is 6.18 Å². The number of hydrogen-bond donors (Lipinski definition) is 2.